The molecule has 0 fully saturated rings. The second-order valence-electron chi connectivity index (χ2n) is 4.39. The molecule has 1 aromatic carbocycles. The van der Waals surface area contributed by atoms with Crippen LogP contribution in [0, 0.1) is 0 Å². The van der Waals surface area contributed by atoms with Crippen LogP contribution in [0.15, 0.2) is 18.2 Å². The Bertz CT molecular complexity index is 352. The standard InChI is InChI=1S/C14H24N2O/c1-5-11(3)16(6-2)10-12-9-13(17-4)7-8-14(12)15/h7-9,11H,5-6,10,15H2,1-4H3. The average Bonchev–Trinajstić information content (AvgIpc) is 2.36. The van der Waals surface area contributed by atoms with Gasteiger partial charge in [0.2, 0.25) is 0 Å². The minimum atomic E-state index is 0.575. The first-order valence-corrected chi connectivity index (χ1v) is 6.28. The molecule has 0 aliphatic rings. The summed E-state index contributed by atoms with van der Waals surface area (Å²) in [5.41, 5.74) is 7.99. The first-order chi connectivity index (χ1) is 8.12. The molecule has 1 aromatic rings. The predicted molar refractivity (Wildman–Crippen MR) is 73.2 cm³/mol. The van der Waals surface area contributed by atoms with Gasteiger partial charge < -0.3 is 10.5 Å². The fourth-order valence-corrected chi connectivity index (χ4v) is 1.90. The first kappa shape index (κ1) is 13.8. The lowest BCUT2D eigenvalue weighted by Crippen LogP contribution is -2.32. The number of anilines is 1. The third-order valence-electron chi connectivity index (χ3n) is 3.34. The zero-order valence-electron chi connectivity index (χ0n) is 11.4. The highest BCUT2D eigenvalue weighted by molar-refractivity contribution is 5.50. The number of benzene rings is 1. The molecule has 2 N–H and O–H groups in total. The van der Waals surface area contributed by atoms with Gasteiger partial charge in [0, 0.05) is 18.3 Å². The lowest BCUT2D eigenvalue weighted by atomic mass is 10.1. The molecule has 0 amide bonds. The molecule has 3 heteroatoms. The van der Waals surface area contributed by atoms with Gasteiger partial charge in [-0.1, -0.05) is 13.8 Å². The van der Waals surface area contributed by atoms with E-state index in [1.165, 1.54) is 0 Å². The van der Waals surface area contributed by atoms with Crippen LogP contribution in [-0.4, -0.2) is 24.6 Å². The summed E-state index contributed by atoms with van der Waals surface area (Å²) in [4.78, 5) is 2.42. The Kier molecular flexibility index (Phi) is 5.29. The summed E-state index contributed by atoms with van der Waals surface area (Å²) in [7, 11) is 1.68. The maximum atomic E-state index is 6.01. The summed E-state index contributed by atoms with van der Waals surface area (Å²) in [6, 6.07) is 6.42. The third kappa shape index (κ3) is 3.63. The zero-order chi connectivity index (χ0) is 12.8. The molecule has 0 saturated carbocycles. The Morgan fingerprint density at radius 2 is 2.06 bits per heavy atom. The van der Waals surface area contributed by atoms with Gasteiger partial charge in [0.1, 0.15) is 5.75 Å². The second kappa shape index (κ2) is 6.50. The normalized spacial score (nSPS) is 12.8. The van der Waals surface area contributed by atoms with E-state index in [1.807, 2.05) is 18.2 Å². The molecule has 0 aliphatic carbocycles. The highest BCUT2D eigenvalue weighted by Crippen LogP contribution is 2.22. The number of rotatable bonds is 6. The van der Waals surface area contributed by atoms with E-state index in [-0.39, 0.29) is 0 Å². The van der Waals surface area contributed by atoms with Crippen LogP contribution in [0.4, 0.5) is 5.69 Å². The molecule has 0 aromatic heterocycles. The Hall–Kier alpha value is -1.22. The number of nitrogens with two attached hydrogens (primary N) is 1. The van der Waals surface area contributed by atoms with Gasteiger partial charge in [0.05, 0.1) is 7.11 Å². The molecule has 0 saturated heterocycles. The number of hydrogen-bond acceptors (Lipinski definition) is 3. The predicted octanol–water partition coefficient (Wildman–Crippen LogP) is 2.90. The number of nitrogen functional groups attached to an aromatic ring is 1. The zero-order valence-corrected chi connectivity index (χ0v) is 11.4. The van der Waals surface area contributed by atoms with E-state index in [2.05, 4.69) is 25.7 Å². The van der Waals surface area contributed by atoms with Gasteiger partial charge in [-0.25, -0.2) is 0 Å². The highest BCUT2D eigenvalue weighted by Gasteiger charge is 2.12. The number of ether oxygens (including phenoxy) is 1. The van der Waals surface area contributed by atoms with Crippen molar-refractivity contribution in [3.05, 3.63) is 23.8 Å². The summed E-state index contributed by atoms with van der Waals surface area (Å²) < 4.78 is 5.24. The van der Waals surface area contributed by atoms with Crippen LogP contribution < -0.4 is 10.5 Å². The summed E-state index contributed by atoms with van der Waals surface area (Å²) in [5, 5.41) is 0. The van der Waals surface area contributed by atoms with Crippen molar-refractivity contribution in [1.82, 2.24) is 4.90 Å². The van der Waals surface area contributed by atoms with Crippen LogP contribution in [-0.2, 0) is 6.54 Å². The molecule has 96 valence electrons. The molecule has 0 bridgehead atoms. The van der Waals surface area contributed by atoms with Gasteiger partial charge in [-0.15, -0.1) is 0 Å². The molecule has 0 aliphatic heterocycles. The van der Waals surface area contributed by atoms with Gasteiger partial charge in [-0.05, 0) is 43.7 Å². The maximum absolute atomic E-state index is 6.01. The summed E-state index contributed by atoms with van der Waals surface area (Å²) in [5.74, 6) is 0.870. The SMILES string of the molecule is CCC(C)N(CC)Cc1cc(OC)ccc1N. The van der Waals surface area contributed by atoms with Crippen molar-refractivity contribution in [3.63, 3.8) is 0 Å². The van der Waals surface area contributed by atoms with Crippen molar-refractivity contribution in [2.45, 2.75) is 39.8 Å². The minimum Gasteiger partial charge on any atom is -0.497 e. The maximum Gasteiger partial charge on any atom is 0.119 e. The van der Waals surface area contributed by atoms with E-state index in [0.29, 0.717) is 6.04 Å². The molecular formula is C14H24N2O. The molecule has 0 spiro atoms. The van der Waals surface area contributed by atoms with Crippen LogP contribution in [0.25, 0.3) is 0 Å². The number of hydrogen-bond donors (Lipinski definition) is 1. The largest absolute Gasteiger partial charge is 0.497 e. The monoisotopic (exact) mass is 236 g/mol. The minimum absolute atomic E-state index is 0.575. The lowest BCUT2D eigenvalue weighted by Gasteiger charge is -2.27. The van der Waals surface area contributed by atoms with E-state index >= 15 is 0 Å². The van der Waals surface area contributed by atoms with Crippen molar-refractivity contribution in [2.24, 2.45) is 0 Å². The smallest absolute Gasteiger partial charge is 0.119 e. The molecule has 0 radical (unpaired) electrons. The molecule has 1 unspecified atom stereocenters. The van der Waals surface area contributed by atoms with Gasteiger partial charge in [-0.3, -0.25) is 4.90 Å². The fraction of sp³-hybridized carbons (Fsp3) is 0.571. The second-order valence-corrected chi connectivity index (χ2v) is 4.39. The van der Waals surface area contributed by atoms with Crippen molar-refractivity contribution >= 4 is 5.69 Å². The topological polar surface area (TPSA) is 38.5 Å². The molecule has 17 heavy (non-hydrogen) atoms. The van der Waals surface area contributed by atoms with Crippen LogP contribution in [0.5, 0.6) is 5.75 Å². The molecule has 3 nitrogen and oxygen atoms in total. The van der Waals surface area contributed by atoms with Gasteiger partial charge in [0.15, 0.2) is 0 Å². The van der Waals surface area contributed by atoms with Crippen LogP contribution >= 0.6 is 0 Å². The quantitative estimate of drug-likeness (QED) is 0.772. The van der Waals surface area contributed by atoms with Crippen LogP contribution in [0.1, 0.15) is 32.8 Å². The van der Waals surface area contributed by atoms with Gasteiger partial charge in [0.25, 0.3) is 0 Å². The Balaban J connectivity index is 2.84. The summed E-state index contributed by atoms with van der Waals surface area (Å²) in [6.07, 6.45) is 1.15. The molecule has 1 atom stereocenters. The van der Waals surface area contributed by atoms with Crippen molar-refractivity contribution < 1.29 is 4.74 Å². The first-order valence-electron chi connectivity index (χ1n) is 6.28. The highest BCUT2D eigenvalue weighted by atomic mass is 16.5. The average molecular weight is 236 g/mol. The Labute approximate surface area is 105 Å². The van der Waals surface area contributed by atoms with Gasteiger partial charge >= 0.3 is 0 Å². The van der Waals surface area contributed by atoms with E-state index in [1.54, 1.807) is 7.11 Å². The number of methoxy groups -OCH3 is 1. The van der Waals surface area contributed by atoms with Crippen LogP contribution in [0.3, 0.4) is 0 Å². The van der Waals surface area contributed by atoms with E-state index in [9.17, 15) is 0 Å². The van der Waals surface area contributed by atoms with Crippen molar-refractivity contribution in [1.29, 1.82) is 0 Å². The fourth-order valence-electron chi connectivity index (χ4n) is 1.90. The van der Waals surface area contributed by atoms with E-state index in [0.717, 1.165) is 36.5 Å². The van der Waals surface area contributed by atoms with E-state index < -0.39 is 0 Å². The summed E-state index contributed by atoms with van der Waals surface area (Å²) >= 11 is 0. The van der Waals surface area contributed by atoms with E-state index in [4.69, 9.17) is 10.5 Å². The van der Waals surface area contributed by atoms with Gasteiger partial charge in [-0.2, -0.15) is 0 Å². The third-order valence-corrected chi connectivity index (χ3v) is 3.34. The van der Waals surface area contributed by atoms with Crippen molar-refractivity contribution in [3.8, 4) is 5.75 Å². The summed E-state index contributed by atoms with van der Waals surface area (Å²) in [6.45, 7) is 8.56. The Morgan fingerprint density at radius 3 is 2.59 bits per heavy atom. The lowest BCUT2D eigenvalue weighted by molar-refractivity contribution is 0.206. The molecule has 0 heterocycles. The number of nitrogens with zero attached hydrogens (tertiary/aromatic N) is 1. The molecule has 1 rings (SSSR count). The van der Waals surface area contributed by atoms with Crippen molar-refractivity contribution in [2.75, 3.05) is 19.4 Å². The Morgan fingerprint density at radius 1 is 1.35 bits per heavy atom. The molecular weight excluding hydrogens is 212 g/mol. The van der Waals surface area contributed by atoms with Crippen LogP contribution in [0.2, 0.25) is 0 Å².